The molecular formula is C16H23N3OS. The first kappa shape index (κ1) is 15.9. The zero-order valence-corrected chi connectivity index (χ0v) is 13.5. The summed E-state index contributed by atoms with van der Waals surface area (Å²) in [7, 11) is 1.87. The van der Waals surface area contributed by atoms with Crippen LogP contribution in [0.3, 0.4) is 0 Å². The van der Waals surface area contributed by atoms with E-state index in [0.29, 0.717) is 16.6 Å². The quantitative estimate of drug-likeness (QED) is 0.844. The lowest BCUT2D eigenvalue weighted by atomic mass is 10.1. The lowest BCUT2D eigenvalue weighted by Gasteiger charge is -2.27. The zero-order valence-electron chi connectivity index (χ0n) is 12.7. The molecule has 0 radical (unpaired) electrons. The Kier molecular flexibility index (Phi) is 5.31. The predicted octanol–water partition coefficient (Wildman–Crippen LogP) is 1.88. The molecule has 1 saturated heterocycles. The molecular weight excluding hydrogens is 282 g/mol. The number of carbonyl (C=O) groups is 1. The fourth-order valence-corrected chi connectivity index (χ4v) is 3.05. The molecule has 0 saturated carbocycles. The van der Waals surface area contributed by atoms with Crippen molar-refractivity contribution in [1.82, 2.24) is 9.80 Å². The van der Waals surface area contributed by atoms with E-state index in [4.69, 9.17) is 18.0 Å². The van der Waals surface area contributed by atoms with Crippen LogP contribution in [0.2, 0.25) is 0 Å². The highest BCUT2D eigenvalue weighted by Crippen LogP contribution is 2.18. The van der Waals surface area contributed by atoms with Crippen molar-refractivity contribution in [1.29, 1.82) is 0 Å². The number of nitrogens with zero attached hydrogens (tertiary/aromatic N) is 2. The molecule has 1 unspecified atom stereocenters. The lowest BCUT2D eigenvalue weighted by Crippen LogP contribution is -2.41. The topological polar surface area (TPSA) is 49.6 Å². The maximum Gasteiger partial charge on any atom is 0.253 e. The summed E-state index contributed by atoms with van der Waals surface area (Å²) in [6.07, 6.45) is 2.40. The summed E-state index contributed by atoms with van der Waals surface area (Å²) < 4.78 is 0. The van der Waals surface area contributed by atoms with Gasteiger partial charge in [0.1, 0.15) is 4.99 Å². The van der Waals surface area contributed by atoms with Crippen molar-refractivity contribution < 1.29 is 4.79 Å². The summed E-state index contributed by atoms with van der Waals surface area (Å²) in [4.78, 5) is 17.1. The molecule has 5 heteroatoms. The Morgan fingerprint density at radius 2 is 2.00 bits per heavy atom. The Labute approximate surface area is 131 Å². The Hall–Kier alpha value is -1.46. The highest BCUT2D eigenvalue weighted by Gasteiger charge is 2.25. The van der Waals surface area contributed by atoms with Crippen molar-refractivity contribution in [2.24, 2.45) is 5.73 Å². The van der Waals surface area contributed by atoms with Gasteiger partial charge >= 0.3 is 0 Å². The normalized spacial score (nSPS) is 18.7. The predicted molar refractivity (Wildman–Crippen MR) is 89.6 cm³/mol. The Morgan fingerprint density at radius 3 is 2.57 bits per heavy atom. The van der Waals surface area contributed by atoms with E-state index < -0.39 is 0 Å². The van der Waals surface area contributed by atoms with Crippen LogP contribution in [0.4, 0.5) is 0 Å². The van der Waals surface area contributed by atoms with Crippen LogP contribution >= 0.6 is 12.2 Å². The van der Waals surface area contributed by atoms with Crippen LogP contribution in [0.15, 0.2) is 24.3 Å². The number of rotatable bonds is 5. The number of thiocarbonyl (C=S) groups is 1. The van der Waals surface area contributed by atoms with Gasteiger partial charge in [-0.15, -0.1) is 0 Å². The maximum atomic E-state index is 12.5. The summed E-state index contributed by atoms with van der Waals surface area (Å²) in [6, 6.07) is 7.67. The molecule has 1 atom stereocenters. The van der Waals surface area contributed by atoms with Crippen molar-refractivity contribution in [2.75, 3.05) is 26.7 Å². The largest absolute Gasteiger partial charge is 0.389 e. The van der Waals surface area contributed by atoms with E-state index in [1.807, 2.05) is 11.9 Å². The van der Waals surface area contributed by atoms with Gasteiger partial charge in [0.25, 0.3) is 5.91 Å². The van der Waals surface area contributed by atoms with Crippen LogP contribution in [0, 0.1) is 0 Å². The Balaban J connectivity index is 2.00. The molecule has 1 fully saturated rings. The molecule has 1 aromatic rings. The molecule has 1 aliphatic heterocycles. The van der Waals surface area contributed by atoms with E-state index in [1.165, 1.54) is 12.8 Å². The van der Waals surface area contributed by atoms with E-state index in [0.717, 1.165) is 25.2 Å². The van der Waals surface area contributed by atoms with Crippen molar-refractivity contribution in [3.05, 3.63) is 35.4 Å². The molecule has 1 heterocycles. The van der Waals surface area contributed by atoms with Crippen LogP contribution < -0.4 is 5.73 Å². The van der Waals surface area contributed by atoms with Gasteiger partial charge in [0, 0.05) is 30.8 Å². The van der Waals surface area contributed by atoms with Gasteiger partial charge in [0.15, 0.2) is 0 Å². The van der Waals surface area contributed by atoms with Gasteiger partial charge in [-0.1, -0.05) is 31.3 Å². The van der Waals surface area contributed by atoms with Gasteiger partial charge in [-0.25, -0.2) is 0 Å². The highest BCUT2D eigenvalue weighted by atomic mass is 32.1. The molecule has 0 aliphatic carbocycles. The fourth-order valence-electron chi connectivity index (χ4n) is 2.91. The molecule has 2 rings (SSSR count). The second kappa shape index (κ2) is 7.00. The van der Waals surface area contributed by atoms with Crippen molar-refractivity contribution in [2.45, 2.75) is 25.8 Å². The van der Waals surface area contributed by atoms with E-state index in [1.54, 1.807) is 24.3 Å². The number of likely N-dealkylation sites (tertiary alicyclic amines) is 1. The lowest BCUT2D eigenvalue weighted by molar-refractivity contribution is 0.0754. The zero-order chi connectivity index (χ0) is 15.4. The van der Waals surface area contributed by atoms with Crippen LogP contribution in [0.25, 0.3) is 0 Å². The summed E-state index contributed by atoms with van der Waals surface area (Å²) in [5.41, 5.74) is 7.04. The van der Waals surface area contributed by atoms with Gasteiger partial charge in [0.05, 0.1) is 0 Å². The third-order valence-electron chi connectivity index (χ3n) is 4.15. The minimum absolute atomic E-state index is 0.0486. The SMILES string of the molecule is CCN1CCCC1CN(C)C(=O)c1ccc(C(N)=S)cc1. The number of benzene rings is 1. The van der Waals surface area contributed by atoms with Crippen LogP contribution in [0.1, 0.15) is 35.7 Å². The minimum Gasteiger partial charge on any atom is -0.389 e. The number of likely N-dealkylation sites (N-methyl/N-ethyl adjacent to an activating group) is 2. The highest BCUT2D eigenvalue weighted by molar-refractivity contribution is 7.80. The Morgan fingerprint density at radius 1 is 1.38 bits per heavy atom. The number of hydrogen-bond donors (Lipinski definition) is 1. The van der Waals surface area contributed by atoms with Gasteiger partial charge in [-0.2, -0.15) is 0 Å². The molecule has 0 bridgehead atoms. The number of nitrogens with two attached hydrogens (primary N) is 1. The van der Waals surface area contributed by atoms with Crippen LogP contribution in [-0.4, -0.2) is 53.4 Å². The average Bonchev–Trinajstić information content (AvgIpc) is 2.93. The molecule has 114 valence electrons. The van der Waals surface area contributed by atoms with Crippen LogP contribution in [0.5, 0.6) is 0 Å². The van der Waals surface area contributed by atoms with Crippen molar-refractivity contribution in [3.63, 3.8) is 0 Å². The standard InChI is InChI=1S/C16H23N3OS/c1-3-19-10-4-5-14(19)11-18(2)16(20)13-8-6-12(7-9-13)15(17)21/h6-9,14H,3-5,10-11H2,1-2H3,(H2,17,21). The van der Waals surface area contributed by atoms with Gasteiger partial charge in [-0.05, 0) is 38.1 Å². The number of amides is 1. The second-order valence-corrected chi connectivity index (χ2v) is 5.99. The van der Waals surface area contributed by atoms with E-state index in [9.17, 15) is 4.79 Å². The molecule has 0 aromatic heterocycles. The van der Waals surface area contributed by atoms with Gasteiger partial charge in [0.2, 0.25) is 0 Å². The summed E-state index contributed by atoms with van der Waals surface area (Å²) >= 11 is 4.92. The monoisotopic (exact) mass is 305 g/mol. The minimum atomic E-state index is 0.0486. The molecule has 1 amide bonds. The van der Waals surface area contributed by atoms with Crippen molar-refractivity contribution in [3.8, 4) is 0 Å². The smallest absolute Gasteiger partial charge is 0.253 e. The first-order chi connectivity index (χ1) is 10.0. The summed E-state index contributed by atoms with van der Waals surface area (Å²) in [5.74, 6) is 0.0486. The van der Waals surface area contributed by atoms with E-state index >= 15 is 0 Å². The van der Waals surface area contributed by atoms with Crippen molar-refractivity contribution >= 4 is 23.1 Å². The molecule has 4 nitrogen and oxygen atoms in total. The third-order valence-corrected chi connectivity index (χ3v) is 4.39. The molecule has 1 aliphatic rings. The molecule has 2 N–H and O–H groups in total. The summed E-state index contributed by atoms with van der Waals surface area (Å²) in [5, 5.41) is 0. The van der Waals surface area contributed by atoms with E-state index in [-0.39, 0.29) is 5.91 Å². The summed E-state index contributed by atoms with van der Waals surface area (Å²) in [6.45, 7) is 5.15. The molecule has 1 aromatic carbocycles. The molecule has 21 heavy (non-hydrogen) atoms. The Bertz CT molecular complexity index is 515. The number of hydrogen-bond acceptors (Lipinski definition) is 3. The van der Waals surface area contributed by atoms with Gasteiger partial charge in [-0.3, -0.25) is 9.69 Å². The molecule has 0 spiro atoms. The number of carbonyl (C=O) groups excluding carboxylic acids is 1. The average molecular weight is 305 g/mol. The second-order valence-electron chi connectivity index (χ2n) is 5.55. The first-order valence-corrected chi connectivity index (χ1v) is 7.83. The fraction of sp³-hybridized carbons (Fsp3) is 0.500. The van der Waals surface area contributed by atoms with Gasteiger partial charge < -0.3 is 10.6 Å². The first-order valence-electron chi connectivity index (χ1n) is 7.42. The maximum absolute atomic E-state index is 12.5. The van der Waals surface area contributed by atoms with Crippen LogP contribution in [-0.2, 0) is 0 Å². The third kappa shape index (κ3) is 3.80. The van der Waals surface area contributed by atoms with E-state index in [2.05, 4.69) is 11.8 Å².